The summed E-state index contributed by atoms with van der Waals surface area (Å²) >= 11 is 3.11. The number of phenolic OH excluding ortho intramolecular Hbond substituents is 1. The van der Waals surface area contributed by atoms with E-state index in [-0.39, 0.29) is 39.9 Å². The average Bonchev–Trinajstić information content (AvgIpc) is 3.07. The Morgan fingerprint density at radius 2 is 1.74 bits per heavy atom. The minimum absolute atomic E-state index is 0.00283. The molecular weight excluding hydrogens is 571 g/mol. The number of rotatable bonds is 2. The Hall–Kier alpha value is -3.21. The summed E-state index contributed by atoms with van der Waals surface area (Å²) < 4.78 is 43.0. The third kappa shape index (κ3) is 4.11. The molecule has 5 rings (SSSR count). The van der Waals surface area contributed by atoms with Crippen molar-refractivity contribution < 1.29 is 42.2 Å². The van der Waals surface area contributed by atoms with Gasteiger partial charge in [-0.05, 0) is 73.7 Å². The molecule has 3 aliphatic carbocycles. The molecule has 0 aromatic heterocycles. The Bertz CT molecular complexity index is 1400. The van der Waals surface area contributed by atoms with Crippen molar-refractivity contribution >= 4 is 39.3 Å². The molecule has 1 saturated heterocycles. The number of hydrogen-bond acceptors (Lipinski definition) is 6. The molecule has 11 heteroatoms. The van der Waals surface area contributed by atoms with E-state index in [4.69, 9.17) is 0 Å². The van der Waals surface area contributed by atoms with Gasteiger partial charge in [0.2, 0.25) is 11.8 Å². The number of carbonyl (C=O) groups excluding carboxylic acids is 4. The van der Waals surface area contributed by atoms with Crippen molar-refractivity contribution in [3.05, 3.63) is 57.1 Å². The molecule has 1 fully saturated rings. The van der Waals surface area contributed by atoms with Crippen molar-refractivity contribution in [1.82, 2.24) is 4.90 Å². The zero-order valence-corrected chi connectivity index (χ0v) is 22.1. The van der Waals surface area contributed by atoms with Crippen LogP contribution in [0.3, 0.4) is 0 Å². The molecule has 1 heterocycles. The van der Waals surface area contributed by atoms with E-state index in [1.165, 1.54) is 4.90 Å². The monoisotopic (exact) mass is 593 g/mol. The predicted octanol–water partition coefficient (Wildman–Crippen LogP) is 4.85. The highest BCUT2D eigenvalue weighted by atomic mass is 79.9. The van der Waals surface area contributed by atoms with Crippen LogP contribution in [-0.4, -0.2) is 45.3 Å². The Balaban J connectivity index is 1.69. The van der Waals surface area contributed by atoms with Gasteiger partial charge in [0.15, 0.2) is 11.6 Å². The van der Waals surface area contributed by atoms with Gasteiger partial charge in [-0.3, -0.25) is 24.1 Å². The van der Waals surface area contributed by atoms with Gasteiger partial charge in [-0.25, -0.2) is 0 Å². The Morgan fingerprint density at radius 3 is 2.37 bits per heavy atom. The van der Waals surface area contributed by atoms with Crippen molar-refractivity contribution in [3.63, 3.8) is 0 Å². The lowest BCUT2D eigenvalue weighted by atomic mass is 9.59. The average molecular weight is 594 g/mol. The first-order chi connectivity index (χ1) is 17.6. The van der Waals surface area contributed by atoms with Gasteiger partial charge in [0.25, 0.3) is 0 Å². The smallest absolute Gasteiger partial charge is 0.508 e. The summed E-state index contributed by atoms with van der Waals surface area (Å²) in [5.74, 6) is -6.03. The number of nitrogens with zero attached hydrogens (tertiary/aromatic N) is 1. The Kier molecular flexibility index (Phi) is 6.01. The molecule has 1 N–H and O–H groups in total. The standard InChI is InChI=1S/C27H23BrF3NO6/c1-26(2,3)32-24(36)13-6-5-12-14(21(13)25(32)37)9-16-22(19(34)10-17(28)23(16)35)20(12)15-8-11(4-7-18(15)33)38-27(29,30)31/h4-5,7-8,10,13-14,20-21,33H,6,9H2,1-3H3. The maximum atomic E-state index is 13.6. The summed E-state index contributed by atoms with van der Waals surface area (Å²) in [7, 11) is 0. The van der Waals surface area contributed by atoms with Crippen molar-refractivity contribution in [1.29, 1.82) is 0 Å². The first kappa shape index (κ1) is 26.4. The zero-order valence-electron chi connectivity index (χ0n) is 20.6. The molecule has 200 valence electrons. The second-order valence-electron chi connectivity index (χ2n) is 10.8. The number of imide groups is 1. The lowest BCUT2D eigenvalue weighted by molar-refractivity contribution is -0.274. The normalized spacial score (nSPS) is 27.6. The predicted molar refractivity (Wildman–Crippen MR) is 131 cm³/mol. The van der Waals surface area contributed by atoms with Gasteiger partial charge < -0.3 is 9.84 Å². The van der Waals surface area contributed by atoms with Crippen LogP contribution in [0.1, 0.15) is 45.1 Å². The molecule has 0 saturated carbocycles. The fraction of sp³-hybridized carbons (Fsp3) is 0.407. The quantitative estimate of drug-likeness (QED) is 0.299. The summed E-state index contributed by atoms with van der Waals surface area (Å²) in [6.07, 6.45) is -2.00. The Morgan fingerprint density at radius 1 is 1.05 bits per heavy atom. The SMILES string of the molecule is CC(C)(C)N1C(=O)C2CC=C3C(c4cc(OC(F)(F)F)ccc4O)C4=C(CC3C2C1=O)C(=O)C(Br)=CC4=O. The fourth-order valence-corrected chi connectivity index (χ4v) is 6.63. The zero-order chi connectivity index (χ0) is 27.9. The van der Waals surface area contributed by atoms with Crippen LogP contribution in [-0.2, 0) is 19.2 Å². The topological polar surface area (TPSA) is 101 Å². The number of carbonyl (C=O) groups is 4. The van der Waals surface area contributed by atoms with Gasteiger partial charge in [-0.2, -0.15) is 0 Å². The third-order valence-electron chi connectivity index (χ3n) is 7.55. The van der Waals surface area contributed by atoms with Gasteiger partial charge in [0.05, 0.1) is 16.3 Å². The van der Waals surface area contributed by atoms with Crippen LogP contribution >= 0.6 is 15.9 Å². The summed E-state index contributed by atoms with van der Waals surface area (Å²) in [5, 5.41) is 10.8. The first-order valence-corrected chi connectivity index (χ1v) is 12.7. The number of amides is 2. The number of ketones is 2. The molecule has 1 aromatic rings. The van der Waals surface area contributed by atoms with Crippen molar-refractivity contribution in [2.45, 2.75) is 51.4 Å². The van der Waals surface area contributed by atoms with E-state index in [1.54, 1.807) is 26.8 Å². The van der Waals surface area contributed by atoms with Crippen LogP contribution in [0.2, 0.25) is 0 Å². The maximum Gasteiger partial charge on any atom is 0.573 e. The number of benzene rings is 1. The minimum atomic E-state index is -5.00. The molecule has 1 aromatic carbocycles. The maximum absolute atomic E-state index is 13.6. The largest absolute Gasteiger partial charge is 0.573 e. The van der Waals surface area contributed by atoms with Gasteiger partial charge in [-0.15, -0.1) is 13.2 Å². The van der Waals surface area contributed by atoms with Gasteiger partial charge in [-0.1, -0.05) is 11.6 Å². The van der Waals surface area contributed by atoms with E-state index < -0.39 is 64.5 Å². The summed E-state index contributed by atoms with van der Waals surface area (Å²) in [4.78, 5) is 54.6. The van der Waals surface area contributed by atoms with E-state index in [0.29, 0.717) is 5.57 Å². The number of allylic oxidation sites excluding steroid dienone is 6. The first-order valence-electron chi connectivity index (χ1n) is 12.0. The molecule has 38 heavy (non-hydrogen) atoms. The molecule has 7 nitrogen and oxygen atoms in total. The number of phenols is 1. The lowest BCUT2D eigenvalue weighted by Crippen LogP contribution is -2.46. The highest BCUT2D eigenvalue weighted by molar-refractivity contribution is 9.12. The van der Waals surface area contributed by atoms with Crippen LogP contribution in [0, 0.1) is 17.8 Å². The van der Waals surface area contributed by atoms with Crippen LogP contribution in [0.25, 0.3) is 0 Å². The molecular formula is C27H23BrF3NO6. The molecule has 2 amide bonds. The number of halogens is 4. The second kappa shape index (κ2) is 8.65. The lowest BCUT2D eigenvalue weighted by Gasteiger charge is -2.42. The van der Waals surface area contributed by atoms with E-state index in [9.17, 15) is 37.5 Å². The van der Waals surface area contributed by atoms with Gasteiger partial charge in [0.1, 0.15) is 11.5 Å². The highest BCUT2D eigenvalue weighted by Gasteiger charge is 2.58. The molecule has 1 aliphatic heterocycles. The number of ether oxygens (including phenoxy) is 1. The number of Topliss-reactive ketones (excluding diaryl/α,β-unsaturated/α-hetero) is 1. The second-order valence-corrected chi connectivity index (χ2v) is 11.7. The van der Waals surface area contributed by atoms with Crippen LogP contribution < -0.4 is 4.74 Å². The Labute approximate surface area is 224 Å². The van der Waals surface area contributed by atoms with Gasteiger partial charge in [0, 0.05) is 34.2 Å². The van der Waals surface area contributed by atoms with E-state index >= 15 is 0 Å². The summed E-state index contributed by atoms with van der Waals surface area (Å²) in [6.45, 7) is 5.23. The van der Waals surface area contributed by atoms with Crippen molar-refractivity contribution in [3.8, 4) is 11.5 Å². The van der Waals surface area contributed by atoms with Crippen molar-refractivity contribution in [2.75, 3.05) is 0 Å². The number of alkyl halides is 3. The molecule has 4 unspecified atom stereocenters. The van der Waals surface area contributed by atoms with Crippen LogP contribution in [0.4, 0.5) is 13.2 Å². The molecule has 4 atom stereocenters. The van der Waals surface area contributed by atoms with Crippen LogP contribution in [0.15, 0.2) is 51.6 Å². The van der Waals surface area contributed by atoms with E-state index in [0.717, 1.165) is 24.3 Å². The number of fused-ring (bicyclic) bond motifs is 3. The summed E-state index contributed by atoms with van der Waals surface area (Å²) in [5.41, 5.74) is -0.204. The summed E-state index contributed by atoms with van der Waals surface area (Å²) in [6, 6.07) is 2.96. The molecule has 0 bridgehead atoms. The van der Waals surface area contributed by atoms with E-state index in [2.05, 4.69) is 20.7 Å². The molecule has 0 radical (unpaired) electrons. The van der Waals surface area contributed by atoms with E-state index in [1.807, 2.05) is 0 Å². The fourth-order valence-electron chi connectivity index (χ4n) is 6.18. The number of hydrogen-bond donors (Lipinski definition) is 1. The highest BCUT2D eigenvalue weighted by Crippen LogP contribution is 2.57. The van der Waals surface area contributed by atoms with Gasteiger partial charge >= 0.3 is 6.36 Å². The number of likely N-dealkylation sites (tertiary alicyclic amines) is 1. The van der Waals surface area contributed by atoms with Crippen LogP contribution in [0.5, 0.6) is 11.5 Å². The molecule has 4 aliphatic rings. The minimum Gasteiger partial charge on any atom is -0.508 e. The number of aromatic hydroxyl groups is 1. The van der Waals surface area contributed by atoms with Crippen molar-refractivity contribution in [2.24, 2.45) is 17.8 Å². The molecule has 0 spiro atoms. The third-order valence-corrected chi connectivity index (χ3v) is 8.13.